The van der Waals surface area contributed by atoms with Crippen LogP contribution >= 0.6 is 0 Å². The molecular formula is C46H90N4O3. The lowest BCUT2D eigenvalue weighted by molar-refractivity contribution is -0.227. The molecule has 4 aliphatic rings. The van der Waals surface area contributed by atoms with Crippen LogP contribution in [0, 0.1) is 46.3 Å². The minimum absolute atomic E-state index is 0.180. The highest BCUT2D eigenvalue weighted by Crippen LogP contribution is 2.69. The zero-order chi connectivity index (χ0) is 37.9. The molecule has 0 heterocycles. The normalized spacial score (nSPS) is 34.5. The van der Waals surface area contributed by atoms with Crippen LogP contribution in [0.4, 0.5) is 0 Å². The van der Waals surface area contributed by atoms with Gasteiger partial charge in [-0.1, -0.05) is 91.9 Å². The molecule has 0 saturated heterocycles. The Morgan fingerprint density at radius 1 is 0.642 bits per heavy atom. The number of nitrogens with one attached hydrogen (secondary N) is 1. The van der Waals surface area contributed by atoms with E-state index in [1.165, 1.54) is 129 Å². The van der Waals surface area contributed by atoms with Gasteiger partial charge >= 0.3 is 0 Å². The van der Waals surface area contributed by atoms with Crippen molar-refractivity contribution in [3.05, 3.63) is 0 Å². The Balaban J connectivity index is 1.33. The van der Waals surface area contributed by atoms with E-state index in [0.717, 1.165) is 52.0 Å². The van der Waals surface area contributed by atoms with Crippen molar-refractivity contribution in [3.63, 3.8) is 0 Å². The summed E-state index contributed by atoms with van der Waals surface area (Å²) >= 11 is 0. The highest BCUT2D eigenvalue weighted by molar-refractivity contribution is 5.15. The molecule has 0 radical (unpaired) electrons. The number of fused-ring (bicyclic) bond motifs is 5. The Kier molecular flexibility index (Phi) is 21.0. The van der Waals surface area contributed by atoms with Gasteiger partial charge < -0.3 is 36.7 Å². The zero-order valence-electron chi connectivity index (χ0n) is 35.6. The predicted molar refractivity (Wildman–Crippen MR) is 224 cm³/mol. The fraction of sp³-hybridized carbons (Fsp3) is 1.00. The average molecular weight is 747 g/mol. The minimum atomic E-state index is 0.180. The minimum Gasteiger partial charge on any atom is -0.378 e. The van der Waals surface area contributed by atoms with E-state index < -0.39 is 0 Å². The van der Waals surface area contributed by atoms with Crippen LogP contribution in [0.1, 0.15) is 175 Å². The molecule has 53 heavy (non-hydrogen) atoms. The van der Waals surface area contributed by atoms with Gasteiger partial charge in [0.1, 0.15) is 0 Å². The first-order valence-electron chi connectivity index (χ1n) is 23.5. The SMILES string of the molecule is CCCCCCCCCCCCCNCCC[C@@H](C)C1CC[C@H]2C3[C@H](OCCCN)CC4C[C@H](OCCCN)CCC4(C)[C@H]3C[C@H](OCCCN)C12C. The second kappa shape index (κ2) is 24.5. The van der Waals surface area contributed by atoms with Crippen molar-refractivity contribution < 1.29 is 14.2 Å². The van der Waals surface area contributed by atoms with Crippen LogP contribution in [0.5, 0.6) is 0 Å². The van der Waals surface area contributed by atoms with Gasteiger partial charge in [0.2, 0.25) is 0 Å². The summed E-state index contributed by atoms with van der Waals surface area (Å²) in [6, 6.07) is 0. The number of nitrogens with two attached hydrogens (primary N) is 3. The topological polar surface area (TPSA) is 118 Å². The van der Waals surface area contributed by atoms with Crippen LogP contribution in [-0.2, 0) is 14.2 Å². The molecule has 0 amide bonds. The molecule has 4 saturated carbocycles. The van der Waals surface area contributed by atoms with Gasteiger partial charge in [-0.15, -0.1) is 0 Å². The molecule has 312 valence electrons. The summed E-state index contributed by atoms with van der Waals surface area (Å²) in [7, 11) is 0. The molecule has 0 bridgehead atoms. The number of ether oxygens (including phenoxy) is 3. The number of hydrogen-bond donors (Lipinski definition) is 4. The zero-order valence-corrected chi connectivity index (χ0v) is 35.6. The molecule has 0 aromatic carbocycles. The number of rotatable bonds is 29. The van der Waals surface area contributed by atoms with Gasteiger partial charge in [0.25, 0.3) is 0 Å². The van der Waals surface area contributed by atoms with Crippen molar-refractivity contribution in [2.24, 2.45) is 63.5 Å². The lowest BCUT2D eigenvalue weighted by Gasteiger charge is -2.65. The average Bonchev–Trinajstić information content (AvgIpc) is 3.52. The highest BCUT2D eigenvalue weighted by Gasteiger charge is 2.66. The van der Waals surface area contributed by atoms with Gasteiger partial charge in [-0.25, -0.2) is 0 Å². The van der Waals surface area contributed by atoms with E-state index in [9.17, 15) is 0 Å². The maximum absolute atomic E-state index is 7.06. The van der Waals surface area contributed by atoms with E-state index in [1.807, 2.05) is 0 Å². The summed E-state index contributed by atoms with van der Waals surface area (Å²) in [5.41, 5.74) is 18.3. The summed E-state index contributed by atoms with van der Waals surface area (Å²) in [5.74, 6) is 3.91. The first-order chi connectivity index (χ1) is 25.8. The quantitative estimate of drug-likeness (QED) is 0.0564. The Hall–Kier alpha value is -0.280. The molecule has 5 unspecified atom stereocenters. The Bertz CT molecular complexity index is 956. The van der Waals surface area contributed by atoms with Crippen LogP contribution < -0.4 is 22.5 Å². The Morgan fingerprint density at radius 3 is 1.91 bits per heavy atom. The monoisotopic (exact) mass is 747 g/mol. The van der Waals surface area contributed by atoms with Crippen molar-refractivity contribution >= 4 is 0 Å². The van der Waals surface area contributed by atoms with E-state index in [-0.39, 0.29) is 5.41 Å². The molecule has 0 aromatic heterocycles. The lowest BCUT2D eigenvalue weighted by atomic mass is 9.43. The van der Waals surface area contributed by atoms with E-state index in [0.29, 0.717) is 78.9 Å². The molecule has 7 heteroatoms. The van der Waals surface area contributed by atoms with Crippen LogP contribution in [0.3, 0.4) is 0 Å². The molecule has 7 nitrogen and oxygen atoms in total. The first kappa shape index (κ1) is 45.4. The lowest BCUT2D eigenvalue weighted by Crippen LogP contribution is -2.63. The van der Waals surface area contributed by atoms with Crippen molar-refractivity contribution in [1.82, 2.24) is 5.32 Å². The van der Waals surface area contributed by atoms with E-state index >= 15 is 0 Å². The summed E-state index contributed by atoms with van der Waals surface area (Å²) in [5, 5.41) is 3.81. The molecule has 4 rings (SSSR count). The number of unbranched alkanes of at least 4 members (excludes halogenated alkanes) is 10. The second-order valence-electron chi connectivity index (χ2n) is 18.9. The van der Waals surface area contributed by atoms with Crippen molar-refractivity contribution in [2.75, 3.05) is 52.5 Å². The van der Waals surface area contributed by atoms with E-state index in [2.05, 4.69) is 33.0 Å². The highest BCUT2D eigenvalue weighted by atomic mass is 16.5. The van der Waals surface area contributed by atoms with Crippen LogP contribution in [-0.4, -0.2) is 70.9 Å². The third kappa shape index (κ3) is 12.6. The Labute approximate surface area is 328 Å². The van der Waals surface area contributed by atoms with Gasteiger partial charge in [-0.3, -0.25) is 0 Å². The van der Waals surface area contributed by atoms with Gasteiger partial charge in [-0.2, -0.15) is 0 Å². The van der Waals surface area contributed by atoms with Gasteiger partial charge in [0.15, 0.2) is 0 Å². The van der Waals surface area contributed by atoms with E-state index in [1.54, 1.807) is 0 Å². The van der Waals surface area contributed by atoms with Gasteiger partial charge in [0.05, 0.1) is 18.3 Å². The number of hydrogen-bond acceptors (Lipinski definition) is 7. The summed E-state index contributed by atoms with van der Waals surface area (Å²) in [6.45, 7) is 17.0. The van der Waals surface area contributed by atoms with Crippen molar-refractivity contribution in [2.45, 2.75) is 194 Å². The van der Waals surface area contributed by atoms with E-state index in [4.69, 9.17) is 31.4 Å². The molecular weight excluding hydrogens is 657 g/mol. The molecule has 0 aliphatic heterocycles. The van der Waals surface area contributed by atoms with Crippen LogP contribution in [0.25, 0.3) is 0 Å². The summed E-state index contributed by atoms with van der Waals surface area (Å²) < 4.78 is 20.4. The first-order valence-corrected chi connectivity index (χ1v) is 23.5. The molecule has 4 aliphatic carbocycles. The Morgan fingerprint density at radius 2 is 1.25 bits per heavy atom. The third-order valence-electron chi connectivity index (χ3n) is 15.5. The van der Waals surface area contributed by atoms with Crippen molar-refractivity contribution in [1.29, 1.82) is 0 Å². The van der Waals surface area contributed by atoms with Crippen molar-refractivity contribution in [3.8, 4) is 0 Å². The van der Waals surface area contributed by atoms with Gasteiger partial charge in [-0.05, 0) is 157 Å². The fourth-order valence-corrected chi connectivity index (χ4v) is 12.4. The summed E-state index contributed by atoms with van der Waals surface area (Å²) in [4.78, 5) is 0. The largest absolute Gasteiger partial charge is 0.378 e. The van der Waals surface area contributed by atoms with Crippen LogP contribution in [0.15, 0.2) is 0 Å². The fourth-order valence-electron chi connectivity index (χ4n) is 12.4. The maximum atomic E-state index is 7.06. The molecule has 0 aromatic rings. The second-order valence-corrected chi connectivity index (χ2v) is 18.9. The van der Waals surface area contributed by atoms with Crippen LogP contribution in [0.2, 0.25) is 0 Å². The predicted octanol–water partition coefficient (Wildman–Crippen LogP) is 9.38. The standard InChI is InChI=1S/C46H90N4O3/c1-5-6-7-8-9-10-11-12-13-14-15-28-50-29-16-20-36(2)39-21-22-40-44-41(35-43(46(39,40)4)53-32-19-27-49)45(3)24-23-38(51-30-17-25-47)33-37(45)34-42(44)52-31-18-26-48/h36-44,50H,5-35,47-49H2,1-4H3/t36-,37?,38-,39?,40+,41+,42-,43+,44?,45?,46?/m1/s1. The smallest absolute Gasteiger partial charge is 0.0637 e. The molecule has 11 atom stereocenters. The molecule has 4 fully saturated rings. The van der Waals surface area contributed by atoms with Gasteiger partial charge in [0, 0.05) is 25.2 Å². The molecule has 7 N–H and O–H groups in total. The maximum Gasteiger partial charge on any atom is 0.0637 e. The third-order valence-corrected chi connectivity index (χ3v) is 15.5. The summed E-state index contributed by atoms with van der Waals surface area (Å²) in [6.07, 6.45) is 30.5. The molecule has 0 spiro atoms.